The molecule has 0 aliphatic heterocycles. The molecule has 1 atom stereocenters. The molecule has 0 aromatic rings. The van der Waals surface area contributed by atoms with Crippen LogP contribution in [0.15, 0.2) is 0 Å². The van der Waals surface area contributed by atoms with E-state index in [-0.39, 0.29) is 12.5 Å². The number of carbonyl (C=O) groups excluding carboxylic acids is 1. The van der Waals surface area contributed by atoms with Crippen molar-refractivity contribution in [3.8, 4) is 0 Å². The molecule has 0 radical (unpaired) electrons. The summed E-state index contributed by atoms with van der Waals surface area (Å²) in [6.45, 7) is 5.05. The van der Waals surface area contributed by atoms with Gasteiger partial charge in [0.25, 0.3) is 0 Å². The highest BCUT2D eigenvalue weighted by Gasteiger charge is 2.11. The third kappa shape index (κ3) is 14.1. The normalized spacial score (nSPS) is 12.3. The predicted molar refractivity (Wildman–Crippen MR) is 90.3 cm³/mol. The number of rotatable bonds is 15. The highest BCUT2D eigenvalue weighted by molar-refractivity contribution is 5.71. The summed E-state index contributed by atoms with van der Waals surface area (Å²) in [6, 6.07) is 0. The molecule has 0 spiro atoms. The minimum atomic E-state index is -0.267. The van der Waals surface area contributed by atoms with Crippen molar-refractivity contribution < 1.29 is 9.53 Å². The van der Waals surface area contributed by atoms with Crippen LogP contribution in [-0.4, -0.2) is 19.1 Å². The molecule has 0 bridgehead atoms. The molecule has 0 aromatic heterocycles. The summed E-state index contributed by atoms with van der Waals surface area (Å²) < 4.78 is 5.24. The molecule has 0 rings (SSSR count). The van der Waals surface area contributed by atoms with Crippen LogP contribution < -0.4 is 5.73 Å². The molecule has 3 nitrogen and oxygen atoms in total. The maximum Gasteiger partial charge on any atom is 0.319 e. The van der Waals surface area contributed by atoms with Crippen LogP contribution in [0.4, 0.5) is 0 Å². The standard InChI is InChI=1S/C18H37NO2/c1-3-5-7-9-10-12-14-17(13-11-8-6-4-2)16-21-18(20)15-19/h17H,3-16,19H2,1-2H3. The lowest BCUT2D eigenvalue weighted by atomic mass is 9.95. The van der Waals surface area contributed by atoms with E-state index in [0.29, 0.717) is 12.5 Å². The first-order chi connectivity index (χ1) is 10.2. The summed E-state index contributed by atoms with van der Waals surface area (Å²) in [4.78, 5) is 11.2. The van der Waals surface area contributed by atoms with Crippen LogP contribution in [0, 0.1) is 5.92 Å². The second-order valence-electron chi connectivity index (χ2n) is 6.16. The average Bonchev–Trinajstić information content (AvgIpc) is 2.51. The van der Waals surface area contributed by atoms with E-state index in [4.69, 9.17) is 10.5 Å². The molecule has 0 aliphatic rings. The smallest absolute Gasteiger partial charge is 0.319 e. The molecule has 0 saturated heterocycles. The Hall–Kier alpha value is -0.570. The molecule has 0 saturated carbocycles. The SMILES string of the molecule is CCCCCCCCC(CCCCCC)COC(=O)CN. The Kier molecular flexibility index (Phi) is 15.4. The second kappa shape index (κ2) is 15.8. The van der Waals surface area contributed by atoms with Gasteiger partial charge in [-0.1, -0.05) is 78.1 Å². The zero-order valence-corrected chi connectivity index (χ0v) is 14.4. The van der Waals surface area contributed by atoms with Crippen molar-refractivity contribution in [3.05, 3.63) is 0 Å². The lowest BCUT2D eigenvalue weighted by Gasteiger charge is -2.17. The Morgan fingerprint density at radius 1 is 0.857 bits per heavy atom. The first-order valence-corrected chi connectivity index (χ1v) is 9.10. The van der Waals surface area contributed by atoms with Crippen LogP contribution in [0.3, 0.4) is 0 Å². The van der Waals surface area contributed by atoms with Crippen molar-refractivity contribution in [2.75, 3.05) is 13.2 Å². The topological polar surface area (TPSA) is 52.3 Å². The Bertz CT molecular complexity index is 231. The number of hydrogen-bond acceptors (Lipinski definition) is 3. The van der Waals surface area contributed by atoms with Crippen LogP contribution in [0.2, 0.25) is 0 Å². The fraction of sp³-hybridized carbons (Fsp3) is 0.944. The minimum Gasteiger partial charge on any atom is -0.464 e. The molecule has 0 amide bonds. The fourth-order valence-corrected chi connectivity index (χ4v) is 2.65. The summed E-state index contributed by atoms with van der Waals surface area (Å²) in [6.07, 6.45) is 15.5. The van der Waals surface area contributed by atoms with Gasteiger partial charge in [0.05, 0.1) is 13.2 Å². The quantitative estimate of drug-likeness (QED) is 0.348. The summed E-state index contributed by atoms with van der Waals surface area (Å²) in [5.74, 6) is 0.264. The number of carbonyl (C=O) groups is 1. The van der Waals surface area contributed by atoms with Gasteiger partial charge in [-0.15, -0.1) is 0 Å². The lowest BCUT2D eigenvalue weighted by Crippen LogP contribution is -2.20. The average molecular weight is 299 g/mol. The molecule has 1 unspecified atom stereocenters. The van der Waals surface area contributed by atoms with Crippen molar-refractivity contribution in [2.45, 2.75) is 90.9 Å². The zero-order chi connectivity index (χ0) is 15.8. The summed E-state index contributed by atoms with van der Waals surface area (Å²) in [5.41, 5.74) is 5.29. The lowest BCUT2D eigenvalue weighted by molar-refractivity contribution is -0.143. The van der Waals surface area contributed by atoms with E-state index in [1.54, 1.807) is 0 Å². The Labute approximate surface area is 132 Å². The third-order valence-electron chi connectivity index (χ3n) is 4.08. The first kappa shape index (κ1) is 20.4. The van der Waals surface area contributed by atoms with E-state index in [1.807, 2.05) is 0 Å². The van der Waals surface area contributed by atoms with Crippen LogP contribution >= 0.6 is 0 Å². The number of ether oxygens (including phenoxy) is 1. The van der Waals surface area contributed by atoms with Crippen molar-refractivity contribution in [1.82, 2.24) is 0 Å². The summed E-state index contributed by atoms with van der Waals surface area (Å²) >= 11 is 0. The fourth-order valence-electron chi connectivity index (χ4n) is 2.65. The van der Waals surface area contributed by atoms with Crippen LogP contribution in [-0.2, 0) is 9.53 Å². The van der Waals surface area contributed by atoms with Crippen molar-refractivity contribution in [2.24, 2.45) is 11.7 Å². The first-order valence-electron chi connectivity index (χ1n) is 9.10. The predicted octanol–water partition coefficient (Wildman–Crippen LogP) is 4.83. The molecule has 0 aromatic carbocycles. The molecule has 126 valence electrons. The van der Waals surface area contributed by atoms with Gasteiger partial charge in [0.1, 0.15) is 0 Å². The van der Waals surface area contributed by atoms with E-state index < -0.39 is 0 Å². The molecule has 0 aliphatic carbocycles. The van der Waals surface area contributed by atoms with E-state index in [1.165, 1.54) is 77.0 Å². The molecular weight excluding hydrogens is 262 g/mol. The minimum absolute atomic E-state index is 0.000424. The maximum absolute atomic E-state index is 11.2. The van der Waals surface area contributed by atoms with Gasteiger partial charge < -0.3 is 10.5 Å². The summed E-state index contributed by atoms with van der Waals surface area (Å²) in [5, 5.41) is 0. The van der Waals surface area contributed by atoms with Crippen LogP contribution in [0.5, 0.6) is 0 Å². The zero-order valence-electron chi connectivity index (χ0n) is 14.4. The molecule has 0 heterocycles. The van der Waals surface area contributed by atoms with Crippen molar-refractivity contribution in [3.63, 3.8) is 0 Å². The number of nitrogens with two attached hydrogens (primary N) is 1. The van der Waals surface area contributed by atoms with E-state index in [9.17, 15) is 4.79 Å². The number of esters is 1. The number of unbranched alkanes of at least 4 members (excludes halogenated alkanes) is 8. The van der Waals surface area contributed by atoms with Gasteiger partial charge in [0.15, 0.2) is 0 Å². The van der Waals surface area contributed by atoms with Gasteiger partial charge in [-0.05, 0) is 18.8 Å². The van der Waals surface area contributed by atoms with Crippen LogP contribution in [0.1, 0.15) is 90.9 Å². The Balaban J connectivity index is 3.80. The van der Waals surface area contributed by atoms with Gasteiger partial charge >= 0.3 is 5.97 Å². The molecule has 21 heavy (non-hydrogen) atoms. The highest BCUT2D eigenvalue weighted by atomic mass is 16.5. The van der Waals surface area contributed by atoms with Crippen LogP contribution in [0.25, 0.3) is 0 Å². The van der Waals surface area contributed by atoms with Gasteiger partial charge in [-0.3, -0.25) is 4.79 Å². The van der Waals surface area contributed by atoms with Gasteiger partial charge in [-0.2, -0.15) is 0 Å². The van der Waals surface area contributed by atoms with Gasteiger partial charge in [-0.25, -0.2) is 0 Å². The molecule has 0 fully saturated rings. The second-order valence-corrected chi connectivity index (χ2v) is 6.16. The van der Waals surface area contributed by atoms with E-state index >= 15 is 0 Å². The maximum atomic E-state index is 11.2. The van der Waals surface area contributed by atoms with Crippen molar-refractivity contribution in [1.29, 1.82) is 0 Å². The highest BCUT2D eigenvalue weighted by Crippen LogP contribution is 2.19. The largest absolute Gasteiger partial charge is 0.464 e. The molecule has 3 heteroatoms. The van der Waals surface area contributed by atoms with E-state index in [2.05, 4.69) is 13.8 Å². The Morgan fingerprint density at radius 3 is 1.86 bits per heavy atom. The van der Waals surface area contributed by atoms with Crippen molar-refractivity contribution >= 4 is 5.97 Å². The molecular formula is C18H37NO2. The molecule has 2 N–H and O–H groups in total. The number of hydrogen-bond donors (Lipinski definition) is 1. The monoisotopic (exact) mass is 299 g/mol. The van der Waals surface area contributed by atoms with E-state index in [0.717, 1.165) is 0 Å². The van der Waals surface area contributed by atoms with Gasteiger partial charge in [0.2, 0.25) is 0 Å². The van der Waals surface area contributed by atoms with Gasteiger partial charge in [0, 0.05) is 0 Å². The Morgan fingerprint density at radius 2 is 1.33 bits per heavy atom. The summed E-state index contributed by atoms with van der Waals surface area (Å²) in [7, 11) is 0. The third-order valence-corrected chi connectivity index (χ3v) is 4.08.